The van der Waals surface area contributed by atoms with Crippen LogP contribution in [0.3, 0.4) is 0 Å². The number of carboxylic acids is 1. The largest absolute Gasteiger partial charge is 0.481 e. The lowest BCUT2D eigenvalue weighted by atomic mass is 9.92. The lowest BCUT2D eigenvalue weighted by Crippen LogP contribution is -2.36. The highest BCUT2D eigenvalue weighted by Gasteiger charge is 2.20. The van der Waals surface area contributed by atoms with Crippen molar-refractivity contribution < 1.29 is 14.7 Å². The van der Waals surface area contributed by atoms with Gasteiger partial charge in [-0.1, -0.05) is 0 Å². The average Bonchev–Trinajstić information content (AvgIpc) is 2.16. The molecule has 1 saturated heterocycles. The Kier molecular flexibility index (Phi) is 4.75. The zero-order chi connectivity index (χ0) is 11.3. The molecule has 1 aliphatic rings. The molecule has 0 amide bonds. The van der Waals surface area contributed by atoms with Crippen LogP contribution < -0.4 is 0 Å². The van der Waals surface area contributed by atoms with E-state index >= 15 is 0 Å². The molecular formula is C11H19NO3. The molecule has 15 heavy (non-hydrogen) atoms. The molecule has 0 bridgehead atoms. The fourth-order valence-corrected chi connectivity index (χ4v) is 2.08. The van der Waals surface area contributed by atoms with Crippen molar-refractivity contribution in [2.75, 3.05) is 19.6 Å². The number of ketones is 1. The van der Waals surface area contributed by atoms with Gasteiger partial charge in [-0.25, -0.2) is 0 Å². The molecule has 1 heterocycles. The van der Waals surface area contributed by atoms with Gasteiger partial charge in [0.1, 0.15) is 5.78 Å². The third-order valence-corrected chi connectivity index (χ3v) is 2.92. The molecule has 0 aromatic rings. The van der Waals surface area contributed by atoms with Gasteiger partial charge in [0, 0.05) is 6.42 Å². The SMILES string of the molecule is CC(=O)CN1CCC(CCC(=O)O)CC1. The highest BCUT2D eigenvalue weighted by atomic mass is 16.4. The van der Waals surface area contributed by atoms with Crippen LogP contribution in [0.4, 0.5) is 0 Å². The van der Waals surface area contributed by atoms with Gasteiger partial charge >= 0.3 is 5.97 Å². The van der Waals surface area contributed by atoms with Crippen LogP contribution >= 0.6 is 0 Å². The normalized spacial score (nSPS) is 19.0. The topological polar surface area (TPSA) is 57.6 Å². The summed E-state index contributed by atoms with van der Waals surface area (Å²) in [5.41, 5.74) is 0. The van der Waals surface area contributed by atoms with Crippen molar-refractivity contribution in [2.45, 2.75) is 32.6 Å². The fraction of sp³-hybridized carbons (Fsp3) is 0.818. The molecule has 1 N–H and O–H groups in total. The fourth-order valence-electron chi connectivity index (χ4n) is 2.08. The Bertz CT molecular complexity index is 232. The predicted octanol–water partition coefficient (Wildman–Crippen LogP) is 1.15. The minimum atomic E-state index is -0.707. The van der Waals surface area contributed by atoms with Crippen LogP contribution in [0.1, 0.15) is 32.6 Å². The molecule has 4 nitrogen and oxygen atoms in total. The van der Waals surface area contributed by atoms with Crippen LogP contribution in [0.2, 0.25) is 0 Å². The maximum Gasteiger partial charge on any atom is 0.303 e. The number of likely N-dealkylation sites (tertiary alicyclic amines) is 1. The van der Waals surface area contributed by atoms with Crippen LogP contribution in [0.5, 0.6) is 0 Å². The summed E-state index contributed by atoms with van der Waals surface area (Å²) >= 11 is 0. The van der Waals surface area contributed by atoms with Gasteiger partial charge < -0.3 is 5.11 Å². The zero-order valence-corrected chi connectivity index (χ0v) is 9.24. The highest BCUT2D eigenvalue weighted by molar-refractivity contribution is 5.77. The first-order chi connectivity index (χ1) is 7.08. The van der Waals surface area contributed by atoms with E-state index in [-0.39, 0.29) is 12.2 Å². The maximum atomic E-state index is 10.9. The van der Waals surface area contributed by atoms with Crippen LogP contribution in [-0.2, 0) is 9.59 Å². The first-order valence-electron chi connectivity index (χ1n) is 5.51. The second-order valence-electron chi connectivity index (χ2n) is 4.35. The summed E-state index contributed by atoms with van der Waals surface area (Å²) in [7, 11) is 0. The number of hydrogen-bond acceptors (Lipinski definition) is 3. The number of carbonyl (C=O) groups excluding carboxylic acids is 1. The van der Waals surface area contributed by atoms with Gasteiger partial charge in [-0.2, -0.15) is 0 Å². The number of hydrogen-bond donors (Lipinski definition) is 1. The Morgan fingerprint density at radius 2 is 1.93 bits per heavy atom. The molecule has 0 unspecified atom stereocenters. The van der Waals surface area contributed by atoms with Crippen molar-refractivity contribution >= 4 is 11.8 Å². The molecule has 1 rings (SSSR count). The predicted molar refractivity (Wildman–Crippen MR) is 56.7 cm³/mol. The van der Waals surface area contributed by atoms with E-state index < -0.39 is 5.97 Å². The molecule has 0 aromatic carbocycles. The summed E-state index contributed by atoms with van der Waals surface area (Å²) in [6.07, 6.45) is 3.11. The van der Waals surface area contributed by atoms with Gasteiger partial charge in [-0.3, -0.25) is 14.5 Å². The van der Waals surface area contributed by atoms with Gasteiger partial charge in [0.15, 0.2) is 0 Å². The average molecular weight is 213 g/mol. The summed E-state index contributed by atoms with van der Waals surface area (Å²) in [4.78, 5) is 23.4. The number of aliphatic carboxylic acids is 1. The minimum absolute atomic E-state index is 0.207. The van der Waals surface area contributed by atoms with Crippen LogP contribution in [0.15, 0.2) is 0 Å². The molecule has 4 heteroatoms. The van der Waals surface area contributed by atoms with Crippen LogP contribution in [-0.4, -0.2) is 41.4 Å². The third-order valence-electron chi connectivity index (χ3n) is 2.92. The lowest BCUT2D eigenvalue weighted by molar-refractivity contribution is -0.137. The van der Waals surface area contributed by atoms with Crippen LogP contribution in [0.25, 0.3) is 0 Å². The van der Waals surface area contributed by atoms with Crippen molar-refractivity contribution in [1.29, 1.82) is 0 Å². The Hall–Kier alpha value is -0.900. The Balaban J connectivity index is 2.18. The first kappa shape index (κ1) is 12.2. The molecule has 86 valence electrons. The van der Waals surface area contributed by atoms with Crippen molar-refractivity contribution in [3.63, 3.8) is 0 Å². The standard InChI is InChI=1S/C11H19NO3/c1-9(13)8-12-6-4-10(5-7-12)2-3-11(14)15/h10H,2-8H2,1H3,(H,14,15). The second kappa shape index (κ2) is 5.85. The van der Waals surface area contributed by atoms with Crippen molar-refractivity contribution in [3.8, 4) is 0 Å². The minimum Gasteiger partial charge on any atom is -0.481 e. The van der Waals surface area contributed by atoms with E-state index in [1.165, 1.54) is 0 Å². The monoisotopic (exact) mass is 213 g/mol. The molecule has 0 saturated carbocycles. The van der Waals surface area contributed by atoms with Crippen LogP contribution in [0, 0.1) is 5.92 Å². The molecular weight excluding hydrogens is 194 g/mol. The quantitative estimate of drug-likeness (QED) is 0.744. The molecule has 0 atom stereocenters. The molecule has 0 aromatic heterocycles. The van der Waals surface area contributed by atoms with Gasteiger partial charge in [0.05, 0.1) is 6.54 Å². The number of rotatable bonds is 5. The smallest absolute Gasteiger partial charge is 0.303 e. The molecule has 0 spiro atoms. The Morgan fingerprint density at radius 1 is 1.33 bits per heavy atom. The summed E-state index contributed by atoms with van der Waals surface area (Å²) < 4.78 is 0. The van der Waals surface area contributed by atoms with Gasteiger partial charge in [0.2, 0.25) is 0 Å². The number of carboxylic acid groups (broad SMARTS) is 1. The lowest BCUT2D eigenvalue weighted by Gasteiger charge is -2.30. The van der Waals surface area contributed by atoms with E-state index in [1.807, 2.05) is 0 Å². The van der Waals surface area contributed by atoms with Crippen molar-refractivity contribution in [3.05, 3.63) is 0 Å². The van der Waals surface area contributed by atoms with E-state index in [1.54, 1.807) is 6.92 Å². The van der Waals surface area contributed by atoms with Gasteiger partial charge in [-0.15, -0.1) is 0 Å². The number of piperidine rings is 1. The summed E-state index contributed by atoms with van der Waals surface area (Å²) in [6.45, 7) is 4.02. The third kappa shape index (κ3) is 4.93. The van der Waals surface area contributed by atoms with Crippen molar-refractivity contribution in [1.82, 2.24) is 4.90 Å². The van der Waals surface area contributed by atoms with Gasteiger partial charge in [0.25, 0.3) is 0 Å². The van der Waals surface area contributed by atoms with E-state index in [0.29, 0.717) is 12.5 Å². The highest BCUT2D eigenvalue weighted by Crippen LogP contribution is 2.21. The number of carbonyl (C=O) groups is 2. The summed E-state index contributed by atoms with van der Waals surface area (Å²) in [6, 6.07) is 0. The zero-order valence-electron chi connectivity index (χ0n) is 9.24. The van der Waals surface area contributed by atoms with E-state index in [9.17, 15) is 9.59 Å². The molecule has 0 radical (unpaired) electrons. The van der Waals surface area contributed by atoms with Gasteiger partial charge in [-0.05, 0) is 45.2 Å². The molecule has 1 fully saturated rings. The second-order valence-corrected chi connectivity index (χ2v) is 4.35. The number of nitrogens with zero attached hydrogens (tertiary/aromatic N) is 1. The number of Topliss-reactive ketones (excluding diaryl/α,β-unsaturated/α-hetero) is 1. The van der Waals surface area contributed by atoms with E-state index in [4.69, 9.17) is 5.11 Å². The summed E-state index contributed by atoms with van der Waals surface area (Å²) in [5.74, 6) is 0.0319. The summed E-state index contributed by atoms with van der Waals surface area (Å²) in [5, 5.41) is 8.56. The Morgan fingerprint density at radius 3 is 2.40 bits per heavy atom. The maximum absolute atomic E-state index is 10.9. The van der Waals surface area contributed by atoms with E-state index in [2.05, 4.69) is 4.90 Å². The molecule has 1 aliphatic heterocycles. The molecule has 0 aliphatic carbocycles. The first-order valence-corrected chi connectivity index (χ1v) is 5.51. The van der Waals surface area contributed by atoms with E-state index in [0.717, 1.165) is 32.4 Å². The van der Waals surface area contributed by atoms with Crippen molar-refractivity contribution in [2.24, 2.45) is 5.92 Å². The Labute approximate surface area is 90.3 Å².